The second-order valence-corrected chi connectivity index (χ2v) is 6.23. The summed E-state index contributed by atoms with van der Waals surface area (Å²) in [7, 11) is 1.28. The van der Waals surface area contributed by atoms with Crippen LogP contribution in [0.2, 0.25) is 0 Å². The van der Waals surface area contributed by atoms with Gasteiger partial charge in [0.2, 0.25) is 5.88 Å². The van der Waals surface area contributed by atoms with Gasteiger partial charge in [0.25, 0.3) is 0 Å². The summed E-state index contributed by atoms with van der Waals surface area (Å²) in [6.07, 6.45) is 0. The van der Waals surface area contributed by atoms with Crippen LogP contribution in [0.3, 0.4) is 0 Å². The molecule has 1 heterocycles. The van der Waals surface area contributed by atoms with Crippen LogP contribution in [0.25, 0.3) is 0 Å². The maximum atomic E-state index is 12.4. The summed E-state index contributed by atoms with van der Waals surface area (Å²) in [6.45, 7) is 2.02. The number of benzene rings is 2. The number of nitrogens with two attached hydrogens (primary N) is 1. The summed E-state index contributed by atoms with van der Waals surface area (Å²) in [4.78, 5) is 12.4. The van der Waals surface area contributed by atoms with Crippen LogP contribution in [0.4, 0.5) is 0 Å². The molecule has 2 aromatic rings. The van der Waals surface area contributed by atoms with Crippen molar-refractivity contribution in [2.45, 2.75) is 19.4 Å². The standard InChI is InChI=1S/C22H20N2O4/c1-14-19(22(25)26-2)20(18(12-23)21(24)28-14)16-9-6-10-17(11-16)27-13-15-7-4-3-5-8-15/h3-11,20H,13,24H2,1-2H3. The molecular formula is C22H20N2O4. The SMILES string of the molecule is COC(=O)C1=C(C)OC(N)=C(C#N)C1c1cccc(OCc2ccccc2)c1. The van der Waals surface area contributed by atoms with E-state index < -0.39 is 11.9 Å². The lowest BCUT2D eigenvalue weighted by molar-refractivity contribution is -0.136. The van der Waals surface area contributed by atoms with Crippen molar-refractivity contribution < 1.29 is 19.0 Å². The number of hydrogen-bond acceptors (Lipinski definition) is 6. The van der Waals surface area contributed by atoms with Gasteiger partial charge in [-0.05, 0) is 30.2 Å². The van der Waals surface area contributed by atoms with E-state index in [0.29, 0.717) is 23.7 Å². The third kappa shape index (κ3) is 3.84. The molecule has 3 rings (SSSR count). The average Bonchev–Trinajstić information content (AvgIpc) is 2.72. The van der Waals surface area contributed by atoms with Gasteiger partial charge in [0.05, 0.1) is 18.6 Å². The fourth-order valence-corrected chi connectivity index (χ4v) is 3.11. The van der Waals surface area contributed by atoms with Gasteiger partial charge in [0.1, 0.15) is 29.8 Å². The van der Waals surface area contributed by atoms with E-state index in [2.05, 4.69) is 6.07 Å². The topological polar surface area (TPSA) is 94.6 Å². The summed E-state index contributed by atoms with van der Waals surface area (Å²) in [6, 6.07) is 19.1. The number of esters is 1. The largest absolute Gasteiger partial charge is 0.489 e. The van der Waals surface area contributed by atoms with Gasteiger partial charge < -0.3 is 19.9 Å². The zero-order chi connectivity index (χ0) is 20.1. The highest BCUT2D eigenvalue weighted by molar-refractivity contribution is 5.92. The Morgan fingerprint density at radius 2 is 1.96 bits per heavy atom. The van der Waals surface area contributed by atoms with Gasteiger partial charge in [-0.2, -0.15) is 5.26 Å². The minimum atomic E-state index is -0.688. The number of nitrogens with zero attached hydrogens (tertiary/aromatic N) is 1. The Bertz CT molecular complexity index is 987. The zero-order valence-electron chi connectivity index (χ0n) is 15.6. The highest BCUT2D eigenvalue weighted by atomic mass is 16.5. The monoisotopic (exact) mass is 376 g/mol. The molecule has 0 aromatic heterocycles. The van der Waals surface area contributed by atoms with Crippen molar-refractivity contribution >= 4 is 5.97 Å². The maximum absolute atomic E-state index is 12.4. The Labute approximate surface area is 163 Å². The van der Waals surface area contributed by atoms with Crippen LogP contribution in [0, 0.1) is 11.3 Å². The van der Waals surface area contributed by atoms with Crippen LogP contribution in [0.5, 0.6) is 5.75 Å². The fraction of sp³-hybridized carbons (Fsp3) is 0.182. The molecule has 6 heteroatoms. The Balaban J connectivity index is 1.96. The van der Waals surface area contributed by atoms with Gasteiger partial charge in [-0.15, -0.1) is 0 Å². The third-order valence-electron chi connectivity index (χ3n) is 4.45. The molecule has 0 aliphatic carbocycles. The minimum absolute atomic E-state index is 0.0201. The van der Waals surface area contributed by atoms with Crippen molar-refractivity contribution in [1.29, 1.82) is 5.26 Å². The number of hydrogen-bond donors (Lipinski definition) is 1. The molecule has 28 heavy (non-hydrogen) atoms. The summed E-state index contributed by atoms with van der Waals surface area (Å²) in [5.41, 5.74) is 8.03. The molecule has 1 unspecified atom stereocenters. The molecule has 1 atom stereocenters. The molecule has 2 aromatic carbocycles. The van der Waals surface area contributed by atoms with Crippen LogP contribution in [-0.2, 0) is 20.9 Å². The van der Waals surface area contributed by atoms with Gasteiger partial charge >= 0.3 is 5.97 Å². The first-order valence-electron chi connectivity index (χ1n) is 8.68. The summed E-state index contributed by atoms with van der Waals surface area (Å²) in [5, 5.41) is 9.60. The number of rotatable bonds is 5. The molecule has 0 bridgehead atoms. The van der Waals surface area contributed by atoms with Crippen molar-refractivity contribution in [3.8, 4) is 11.8 Å². The summed E-state index contributed by atoms with van der Waals surface area (Å²) >= 11 is 0. The van der Waals surface area contributed by atoms with E-state index in [1.54, 1.807) is 19.1 Å². The van der Waals surface area contributed by atoms with Gasteiger partial charge in [-0.3, -0.25) is 0 Å². The molecule has 142 valence electrons. The number of ether oxygens (including phenoxy) is 3. The number of carbonyl (C=O) groups excluding carboxylic acids is 1. The molecule has 1 aliphatic rings. The molecule has 0 saturated heterocycles. The normalized spacial score (nSPS) is 16.2. The highest BCUT2D eigenvalue weighted by Crippen LogP contribution is 2.40. The fourth-order valence-electron chi connectivity index (χ4n) is 3.11. The molecule has 6 nitrogen and oxygen atoms in total. The van der Waals surface area contributed by atoms with Crippen LogP contribution >= 0.6 is 0 Å². The van der Waals surface area contributed by atoms with Gasteiger partial charge in [-0.25, -0.2) is 4.79 Å². The van der Waals surface area contributed by atoms with Gasteiger partial charge in [-0.1, -0.05) is 42.5 Å². The zero-order valence-corrected chi connectivity index (χ0v) is 15.6. The Hall–Kier alpha value is -3.72. The van der Waals surface area contributed by atoms with Crippen LogP contribution in [0.15, 0.2) is 77.4 Å². The highest BCUT2D eigenvalue weighted by Gasteiger charge is 2.36. The first kappa shape index (κ1) is 19.1. The van der Waals surface area contributed by atoms with Crippen molar-refractivity contribution in [3.63, 3.8) is 0 Å². The average molecular weight is 376 g/mol. The maximum Gasteiger partial charge on any atom is 0.338 e. The van der Waals surface area contributed by atoms with Crippen LogP contribution < -0.4 is 10.5 Å². The van der Waals surface area contributed by atoms with Crippen LogP contribution in [-0.4, -0.2) is 13.1 Å². The Kier molecular flexibility index (Phi) is 5.66. The quantitative estimate of drug-likeness (QED) is 0.803. The lowest BCUT2D eigenvalue weighted by Gasteiger charge is -2.26. The number of methoxy groups -OCH3 is 1. The molecule has 0 radical (unpaired) electrons. The molecular weight excluding hydrogens is 356 g/mol. The second kappa shape index (κ2) is 8.31. The number of nitriles is 1. The summed E-state index contributed by atoms with van der Waals surface area (Å²) in [5.74, 6) is -0.354. The second-order valence-electron chi connectivity index (χ2n) is 6.23. The first-order chi connectivity index (χ1) is 13.5. The van der Waals surface area contributed by atoms with E-state index in [-0.39, 0.29) is 17.0 Å². The molecule has 0 saturated carbocycles. The molecule has 1 aliphatic heterocycles. The Morgan fingerprint density at radius 3 is 2.64 bits per heavy atom. The molecule has 0 fully saturated rings. The lowest BCUT2D eigenvalue weighted by atomic mass is 9.83. The van der Waals surface area contributed by atoms with E-state index in [0.717, 1.165) is 5.56 Å². The van der Waals surface area contributed by atoms with Gasteiger partial charge in [0, 0.05) is 0 Å². The van der Waals surface area contributed by atoms with Crippen molar-refractivity contribution in [3.05, 3.63) is 88.5 Å². The van der Waals surface area contributed by atoms with Crippen LogP contribution in [0.1, 0.15) is 24.0 Å². The smallest absolute Gasteiger partial charge is 0.338 e. The first-order valence-corrected chi connectivity index (χ1v) is 8.68. The van der Waals surface area contributed by atoms with Crippen molar-refractivity contribution in [2.24, 2.45) is 5.73 Å². The minimum Gasteiger partial charge on any atom is -0.489 e. The van der Waals surface area contributed by atoms with E-state index in [4.69, 9.17) is 19.9 Å². The number of allylic oxidation sites excluding steroid dienone is 2. The number of carbonyl (C=O) groups is 1. The van der Waals surface area contributed by atoms with Crippen molar-refractivity contribution in [1.82, 2.24) is 0 Å². The van der Waals surface area contributed by atoms with E-state index >= 15 is 0 Å². The van der Waals surface area contributed by atoms with Crippen molar-refractivity contribution in [2.75, 3.05) is 7.11 Å². The molecule has 0 amide bonds. The lowest BCUT2D eigenvalue weighted by Crippen LogP contribution is -2.25. The Morgan fingerprint density at radius 1 is 1.21 bits per heavy atom. The summed E-state index contributed by atoms with van der Waals surface area (Å²) < 4.78 is 16.2. The molecule has 2 N–H and O–H groups in total. The predicted octanol–water partition coefficient (Wildman–Crippen LogP) is 3.52. The van der Waals surface area contributed by atoms with E-state index in [9.17, 15) is 10.1 Å². The third-order valence-corrected chi connectivity index (χ3v) is 4.45. The van der Waals surface area contributed by atoms with Gasteiger partial charge in [0.15, 0.2) is 0 Å². The van der Waals surface area contributed by atoms with E-state index in [1.807, 2.05) is 42.5 Å². The molecule has 0 spiro atoms. The van der Waals surface area contributed by atoms with E-state index in [1.165, 1.54) is 7.11 Å². The predicted molar refractivity (Wildman–Crippen MR) is 103 cm³/mol.